The summed E-state index contributed by atoms with van der Waals surface area (Å²) in [5, 5.41) is 4.33. The number of benzene rings is 2. The van der Waals surface area contributed by atoms with E-state index in [-0.39, 0.29) is 10.6 Å². The van der Waals surface area contributed by atoms with Crippen molar-refractivity contribution in [2.24, 2.45) is 0 Å². The fourth-order valence-electron chi connectivity index (χ4n) is 2.32. The molecular weight excluding hydrogens is 294 g/mol. The normalized spacial score (nSPS) is 10.6. The van der Waals surface area contributed by atoms with E-state index in [1.54, 1.807) is 12.1 Å². The van der Waals surface area contributed by atoms with Gasteiger partial charge in [0.1, 0.15) is 0 Å². The first-order chi connectivity index (χ1) is 10.6. The minimum Gasteiger partial charge on any atom is -0.321 e. The van der Waals surface area contributed by atoms with Crippen molar-refractivity contribution < 1.29 is 4.79 Å². The minimum atomic E-state index is -0.249. The van der Waals surface area contributed by atoms with Gasteiger partial charge in [0.25, 0.3) is 5.91 Å². The van der Waals surface area contributed by atoms with Crippen molar-refractivity contribution in [1.29, 1.82) is 0 Å². The van der Waals surface area contributed by atoms with Crippen LogP contribution in [0.3, 0.4) is 0 Å². The number of rotatable bonds is 2. The molecule has 1 N–H and O–H groups in total. The van der Waals surface area contributed by atoms with E-state index in [0.29, 0.717) is 10.3 Å². The van der Waals surface area contributed by atoms with E-state index in [4.69, 9.17) is 0 Å². The summed E-state index contributed by atoms with van der Waals surface area (Å²) >= 11 is 0.977. The van der Waals surface area contributed by atoms with E-state index in [1.807, 2.05) is 50.2 Å². The van der Waals surface area contributed by atoms with E-state index in [2.05, 4.69) is 5.32 Å². The molecule has 22 heavy (non-hydrogen) atoms. The molecule has 0 aliphatic carbocycles. The highest BCUT2D eigenvalue weighted by molar-refractivity contribution is 7.12. The van der Waals surface area contributed by atoms with Gasteiger partial charge in [0, 0.05) is 11.1 Å². The molecule has 110 valence electrons. The molecule has 0 unspecified atom stereocenters. The van der Waals surface area contributed by atoms with Crippen LogP contribution in [0.4, 0.5) is 5.69 Å². The summed E-state index contributed by atoms with van der Waals surface area (Å²) in [7, 11) is 0. The molecule has 3 aromatic rings. The van der Waals surface area contributed by atoms with Gasteiger partial charge >= 0.3 is 0 Å². The first-order valence-electron chi connectivity index (χ1n) is 6.97. The average Bonchev–Trinajstić information content (AvgIpc) is 2.52. The maximum Gasteiger partial charge on any atom is 0.265 e. The molecule has 1 amide bonds. The van der Waals surface area contributed by atoms with Gasteiger partial charge in [-0.25, -0.2) is 0 Å². The number of aryl methyl sites for hydroxylation is 1. The maximum atomic E-state index is 12.4. The Morgan fingerprint density at radius 3 is 2.64 bits per heavy atom. The highest BCUT2D eigenvalue weighted by atomic mass is 32.1. The Morgan fingerprint density at radius 1 is 1.05 bits per heavy atom. The smallest absolute Gasteiger partial charge is 0.265 e. The SMILES string of the molecule is Cc1cccc(NC(=O)c2cc3ccccc3c(=O)s2)c1C. The lowest BCUT2D eigenvalue weighted by atomic mass is 10.1. The van der Waals surface area contributed by atoms with Gasteiger partial charge in [0.05, 0.1) is 4.88 Å². The van der Waals surface area contributed by atoms with Crippen LogP contribution < -0.4 is 10.1 Å². The van der Waals surface area contributed by atoms with Crippen LogP contribution in [0.5, 0.6) is 0 Å². The highest BCUT2D eigenvalue weighted by Gasteiger charge is 2.12. The van der Waals surface area contributed by atoms with Crippen LogP contribution >= 0.6 is 11.3 Å². The molecule has 0 atom stereocenters. The molecule has 2 aromatic carbocycles. The Hall–Kier alpha value is -2.46. The van der Waals surface area contributed by atoms with Gasteiger partial charge in [0.2, 0.25) is 4.74 Å². The second kappa shape index (κ2) is 5.73. The molecule has 0 bridgehead atoms. The van der Waals surface area contributed by atoms with Crippen molar-refractivity contribution in [2.45, 2.75) is 13.8 Å². The first kappa shape index (κ1) is 14.5. The zero-order valence-electron chi connectivity index (χ0n) is 12.3. The quantitative estimate of drug-likeness (QED) is 0.773. The molecule has 0 aliphatic rings. The van der Waals surface area contributed by atoms with Crippen molar-refractivity contribution in [2.75, 3.05) is 5.32 Å². The molecule has 0 radical (unpaired) electrons. The molecule has 0 spiro atoms. The topological polar surface area (TPSA) is 46.2 Å². The summed E-state index contributed by atoms with van der Waals surface area (Å²) < 4.78 is -0.0933. The van der Waals surface area contributed by atoms with Crippen molar-refractivity contribution >= 4 is 33.7 Å². The summed E-state index contributed by atoms with van der Waals surface area (Å²) in [5.74, 6) is -0.249. The number of anilines is 1. The summed E-state index contributed by atoms with van der Waals surface area (Å²) in [5.41, 5.74) is 2.92. The maximum absolute atomic E-state index is 12.4. The fraction of sp³-hybridized carbons (Fsp3) is 0.111. The molecule has 1 heterocycles. The lowest BCUT2D eigenvalue weighted by molar-refractivity contribution is 0.103. The van der Waals surface area contributed by atoms with E-state index in [1.165, 1.54) is 0 Å². The molecule has 0 saturated carbocycles. The highest BCUT2D eigenvalue weighted by Crippen LogP contribution is 2.20. The van der Waals surface area contributed by atoms with E-state index >= 15 is 0 Å². The van der Waals surface area contributed by atoms with E-state index in [9.17, 15) is 9.59 Å². The van der Waals surface area contributed by atoms with Crippen LogP contribution in [-0.2, 0) is 0 Å². The number of carbonyl (C=O) groups excluding carboxylic acids is 1. The predicted molar refractivity (Wildman–Crippen MR) is 92.0 cm³/mol. The van der Waals surface area contributed by atoms with E-state index in [0.717, 1.165) is 33.5 Å². The largest absolute Gasteiger partial charge is 0.321 e. The minimum absolute atomic E-state index is 0.0933. The zero-order valence-corrected chi connectivity index (χ0v) is 13.2. The van der Waals surface area contributed by atoms with Gasteiger partial charge in [-0.3, -0.25) is 9.59 Å². The summed E-state index contributed by atoms with van der Waals surface area (Å²) in [6, 6.07) is 14.8. The number of fused-ring (bicyclic) bond motifs is 1. The van der Waals surface area contributed by atoms with Crippen molar-refractivity contribution in [3.05, 3.63) is 74.1 Å². The van der Waals surface area contributed by atoms with Crippen molar-refractivity contribution in [3.8, 4) is 0 Å². The summed E-state index contributed by atoms with van der Waals surface area (Å²) in [6.07, 6.45) is 0. The van der Waals surface area contributed by atoms with Gasteiger partial charge in [-0.05, 0) is 48.6 Å². The molecule has 1 aromatic heterocycles. The Morgan fingerprint density at radius 2 is 1.82 bits per heavy atom. The van der Waals surface area contributed by atoms with Crippen LogP contribution in [0, 0.1) is 13.8 Å². The number of hydrogen-bond acceptors (Lipinski definition) is 3. The molecule has 3 rings (SSSR count). The van der Waals surface area contributed by atoms with Crippen LogP contribution in [0.25, 0.3) is 10.8 Å². The number of amides is 1. The van der Waals surface area contributed by atoms with Gasteiger partial charge in [-0.15, -0.1) is 0 Å². The lowest BCUT2D eigenvalue weighted by Gasteiger charge is -2.10. The van der Waals surface area contributed by atoms with Gasteiger partial charge in [0.15, 0.2) is 0 Å². The van der Waals surface area contributed by atoms with E-state index < -0.39 is 0 Å². The van der Waals surface area contributed by atoms with Gasteiger partial charge in [-0.1, -0.05) is 41.7 Å². The molecule has 4 heteroatoms. The second-order valence-corrected chi connectivity index (χ2v) is 6.20. The Bertz CT molecular complexity index is 928. The average molecular weight is 309 g/mol. The number of carbonyl (C=O) groups is 1. The fourth-order valence-corrected chi connectivity index (χ4v) is 3.14. The predicted octanol–water partition coefficient (Wildman–Crippen LogP) is 4.13. The third-order valence-electron chi connectivity index (χ3n) is 3.75. The van der Waals surface area contributed by atoms with Crippen molar-refractivity contribution in [1.82, 2.24) is 0 Å². The molecule has 0 fully saturated rings. The lowest BCUT2D eigenvalue weighted by Crippen LogP contribution is -2.13. The van der Waals surface area contributed by atoms with Gasteiger partial charge < -0.3 is 5.32 Å². The molecule has 3 nitrogen and oxygen atoms in total. The third kappa shape index (κ3) is 2.65. The third-order valence-corrected chi connectivity index (χ3v) is 4.68. The Kier molecular flexibility index (Phi) is 3.77. The monoisotopic (exact) mass is 309 g/mol. The first-order valence-corrected chi connectivity index (χ1v) is 7.78. The number of nitrogens with one attached hydrogen (secondary N) is 1. The summed E-state index contributed by atoms with van der Waals surface area (Å²) in [4.78, 5) is 25.0. The van der Waals surface area contributed by atoms with Crippen LogP contribution in [-0.4, -0.2) is 5.91 Å². The van der Waals surface area contributed by atoms with Crippen LogP contribution in [0.2, 0.25) is 0 Å². The second-order valence-electron chi connectivity index (χ2n) is 5.19. The number of hydrogen-bond donors (Lipinski definition) is 1. The van der Waals surface area contributed by atoms with Crippen LogP contribution in [0.15, 0.2) is 53.3 Å². The Labute approximate surface area is 132 Å². The zero-order chi connectivity index (χ0) is 15.7. The molecule has 0 aliphatic heterocycles. The van der Waals surface area contributed by atoms with Crippen LogP contribution in [0.1, 0.15) is 20.8 Å². The summed E-state index contributed by atoms with van der Waals surface area (Å²) in [6.45, 7) is 3.97. The molecule has 0 saturated heterocycles. The van der Waals surface area contributed by atoms with Gasteiger partial charge in [-0.2, -0.15) is 0 Å². The Balaban J connectivity index is 1.99. The standard InChI is InChI=1S/C18H15NO2S/c1-11-6-5-9-15(12(11)2)19-17(20)16-10-13-7-3-4-8-14(13)18(21)22-16/h3-10H,1-2H3,(H,19,20). The van der Waals surface area contributed by atoms with Crippen molar-refractivity contribution in [3.63, 3.8) is 0 Å². The molecular formula is C18H15NO2S.